The molecular weight excluding hydrogens is 462 g/mol. The van der Waals surface area contributed by atoms with Gasteiger partial charge in [0.2, 0.25) is 12.3 Å². The molecule has 4 rings (SSSR count). The van der Waals surface area contributed by atoms with E-state index in [9.17, 15) is 4.79 Å². The monoisotopic (exact) mass is 499 g/mol. The third kappa shape index (κ3) is 10.3. The number of hydrazone groups is 1. The molecule has 1 saturated heterocycles. The fraction of sp³-hybridized carbons (Fsp3) is 0.444. The van der Waals surface area contributed by atoms with Crippen molar-refractivity contribution in [3.63, 3.8) is 0 Å². The van der Waals surface area contributed by atoms with Crippen LogP contribution >= 0.6 is 11.6 Å². The molecule has 1 saturated carbocycles. The number of carbonyl (C=O) groups excluding carboxylic acids is 2. The van der Waals surface area contributed by atoms with Crippen molar-refractivity contribution in [2.75, 3.05) is 13.1 Å². The number of amides is 2. The van der Waals surface area contributed by atoms with Gasteiger partial charge in [-0.3, -0.25) is 15.0 Å². The van der Waals surface area contributed by atoms with E-state index in [1.54, 1.807) is 12.1 Å². The largest absolute Gasteiger partial charge is 0.372 e. The third-order valence-electron chi connectivity index (χ3n) is 6.20. The van der Waals surface area contributed by atoms with Gasteiger partial charge in [0.05, 0.1) is 22.6 Å². The smallest absolute Gasteiger partial charge is 0.248 e. The molecule has 190 valence electrons. The molecule has 2 amide bonds. The van der Waals surface area contributed by atoms with E-state index in [4.69, 9.17) is 22.1 Å². The van der Waals surface area contributed by atoms with E-state index in [1.165, 1.54) is 44.9 Å². The van der Waals surface area contributed by atoms with Crippen LogP contribution < -0.4 is 16.9 Å². The molecule has 1 unspecified atom stereocenters. The number of allylic oxidation sites excluding steroid dienone is 2. The van der Waals surface area contributed by atoms with Crippen LogP contribution in [0.4, 0.5) is 0 Å². The van der Waals surface area contributed by atoms with Crippen molar-refractivity contribution in [2.24, 2.45) is 28.4 Å². The average molecular weight is 500 g/mol. The first-order chi connectivity index (χ1) is 16.8. The highest BCUT2D eigenvalue weighted by Crippen LogP contribution is 2.34. The predicted molar refractivity (Wildman–Crippen MR) is 144 cm³/mol. The van der Waals surface area contributed by atoms with Gasteiger partial charge >= 0.3 is 0 Å². The summed E-state index contributed by atoms with van der Waals surface area (Å²) in [6.45, 7) is 8.04. The summed E-state index contributed by atoms with van der Waals surface area (Å²) in [4.78, 5) is 21.5. The molecule has 1 aliphatic carbocycles. The van der Waals surface area contributed by atoms with Gasteiger partial charge in [-0.2, -0.15) is 5.10 Å². The summed E-state index contributed by atoms with van der Waals surface area (Å²) in [5, 5.41) is 4.84. The maximum absolute atomic E-state index is 10.6. The van der Waals surface area contributed by atoms with Crippen LogP contribution in [0.5, 0.6) is 0 Å². The van der Waals surface area contributed by atoms with Gasteiger partial charge in [-0.15, -0.1) is 12.8 Å². The Labute approximate surface area is 214 Å². The standard InChI is InChI=1S/C16H24ClN3.C8H9NO.C2H2.CH3NO/c1-12-16(17)15(10-18-19-12)20-8-7-14(11-20)9-13-5-3-2-4-6-13;1-6-3-2-4-7(5-6)8(9)10;1-2;2-1-3/h10,13-14,19H,1-9,11H2;2-5H,1H3,(H2,9,10);1-2H;1H,(H2,2,3). The van der Waals surface area contributed by atoms with Gasteiger partial charge in [0.1, 0.15) is 0 Å². The van der Waals surface area contributed by atoms with Crippen LogP contribution in [-0.4, -0.2) is 36.5 Å². The molecule has 0 spiro atoms. The molecule has 35 heavy (non-hydrogen) atoms. The van der Waals surface area contributed by atoms with Gasteiger partial charge in [0, 0.05) is 18.7 Å². The molecular formula is C27H38ClN5O2. The molecule has 1 atom stereocenters. The zero-order valence-corrected chi connectivity index (χ0v) is 21.3. The molecule has 3 aliphatic rings. The van der Waals surface area contributed by atoms with Gasteiger partial charge in [-0.1, -0.05) is 68.0 Å². The van der Waals surface area contributed by atoms with Crippen LogP contribution in [0, 0.1) is 31.6 Å². The molecule has 0 bridgehead atoms. The molecule has 1 aromatic carbocycles. The van der Waals surface area contributed by atoms with Crippen LogP contribution in [0.2, 0.25) is 0 Å². The molecule has 1 aromatic rings. The second-order valence-corrected chi connectivity index (χ2v) is 9.14. The average Bonchev–Trinajstić information content (AvgIpc) is 3.32. The van der Waals surface area contributed by atoms with Crippen LogP contribution in [0.25, 0.3) is 0 Å². The van der Waals surface area contributed by atoms with Crippen molar-refractivity contribution in [1.29, 1.82) is 0 Å². The van der Waals surface area contributed by atoms with Gasteiger partial charge in [-0.05, 0) is 43.7 Å². The Balaban J connectivity index is 0.000000343. The summed E-state index contributed by atoms with van der Waals surface area (Å²) in [6, 6.07) is 7.21. The van der Waals surface area contributed by atoms with Crippen LogP contribution in [-0.2, 0) is 4.79 Å². The third-order valence-corrected chi connectivity index (χ3v) is 6.62. The quantitative estimate of drug-likeness (QED) is 0.423. The van der Waals surface area contributed by atoms with E-state index >= 15 is 0 Å². The summed E-state index contributed by atoms with van der Waals surface area (Å²) >= 11 is 6.34. The van der Waals surface area contributed by atoms with E-state index in [0.717, 1.165) is 41.2 Å². The summed E-state index contributed by atoms with van der Waals surface area (Å²) in [6.07, 6.45) is 20.0. The van der Waals surface area contributed by atoms with Gasteiger partial charge in [0.25, 0.3) is 0 Å². The number of carbonyl (C=O) groups is 2. The number of nitrogens with two attached hydrogens (primary N) is 2. The highest BCUT2D eigenvalue weighted by Gasteiger charge is 2.28. The van der Waals surface area contributed by atoms with E-state index in [-0.39, 0.29) is 12.3 Å². The summed E-state index contributed by atoms with van der Waals surface area (Å²) < 4.78 is 0. The molecule has 0 aromatic heterocycles. The highest BCUT2D eigenvalue weighted by molar-refractivity contribution is 6.33. The SMILES string of the molecule is C#C.C=C1NN=CC(N2CCC(CC3CCCCC3)C2)=C1Cl.Cc1cccc(C(N)=O)c1.NC=O. The number of nitrogens with one attached hydrogen (secondary N) is 1. The van der Waals surface area contributed by atoms with Crippen molar-refractivity contribution in [2.45, 2.75) is 51.9 Å². The first-order valence-electron chi connectivity index (χ1n) is 11.8. The van der Waals surface area contributed by atoms with Crippen LogP contribution in [0.1, 0.15) is 60.9 Å². The number of nitrogens with zero attached hydrogens (tertiary/aromatic N) is 2. The molecule has 2 heterocycles. The zero-order valence-electron chi connectivity index (χ0n) is 20.6. The number of primary amides is 2. The van der Waals surface area contributed by atoms with Crippen molar-refractivity contribution >= 4 is 30.1 Å². The number of aryl methyl sites for hydroxylation is 1. The lowest BCUT2D eigenvalue weighted by Gasteiger charge is -2.26. The molecule has 2 fully saturated rings. The zero-order chi connectivity index (χ0) is 26.2. The Morgan fingerprint density at radius 1 is 1.26 bits per heavy atom. The van der Waals surface area contributed by atoms with E-state index in [2.05, 4.69) is 40.6 Å². The van der Waals surface area contributed by atoms with E-state index in [1.807, 2.05) is 25.3 Å². The fourth-order valence-corrected chi connectivity index (χ4v) is 4.80. The maximum Gasteiger partial charge on any atom is 0.248 e. The highest BCUT2D eigenvalue weighted by atomic mass is 35.5. The minimum absolute atomic E-state index is 0.250. The Hall–Kier alpha value is -3.24. The van der Waals surface area contributed by atoms with Crippen molar-refractivity contribution in [3.05, 3.63) is 58.4 Å². The first kappa shape index (κ1) is 29.8. The van der Waals surface area contributed by atoms with Crippen molar-refractivity contribution < 1.29 is 9.59 Å². The molecule has 8 heteroatoms. The number of terminal acetylenes is 1. The van der Waals surface area contributed by atoms with Gasteiger partial charge in [0.15, 0.2) is 0 Å². The molecule has 7 nitrogen and oxygen atoms in total. The number of hydrogen-bond acceptors (Lipinski definition) is 5. The van der Waals surface area contributed by atoms with E-state index in [0.29, 0.717) is 11.3 Å². The maximum atomic E-state index is 10.6. The van der Waals surface area contributed by atoms with E-state index < -0.39 is 0 Å². The second kappa shape index (κ2) is 16.4. The van der Waals surface area contributed by atoms with Crippen molar-refractivity contribution in [3.8, 4) is 12.8 Å². The summed E-state index contributed by atoms with van der Waals surface area (Å²) in [7, 11) is 0. The molecule has 0 radical (unpaired) electrons. The minimum atomic E-state index is -0.372. The van der Waals surface area contributed by atoms with Gasteiger partial charge < -0.3 is 16.4 Å². The van der Waals surface area contributed by atoms with Crippen molar-refractivity contribution in [1.82, 2.24) is 10.3 Å². The Bertz CT molecular complexity index is 919. The lowest BCUT2D eigenvalue weighted by atomic mass is 9.82. The molecule has 5 N–H and O–H groups in total. The predicted octanol–water partition coefficient (Wildman–Crippen LogP) is 4.28. The fourth-order valence-electron chi connectivity index (χ4n) is 4.59. The number of rotatable bonds is 4. The lowest BCUT2D eigenvalue weighted by molar-refractivity contribution is -0.106. The molecule has 2 aliphatic heterocycles. The van der Waals surface area contributed by atoms with Crippen LogP contribution in [0.3, 0.4) is 0 Å². The number of halogens is 1. The summed E-state index contributed by atoms with van der Waals surface area (Å²) in [5.74, 6) is 1.42. The Morgan fingerprint density at radius 3 is 2.49 bits per heavy atom. The second-order valence-electron chi connectivity index (χ2n) is 8.76. The normalized spacial score (nSPS) is 19.1. The number of likely N-dealkylation sites (tertiary alicyclic amines) is 1. The Morgan fingerprint density at radius 2 is 1.91 bits per heavy atom. The lowest BCUT2D eigenvalue weighted by Crippen LogP contribution is -2.26. The minimum Gasteiger partial charge on any atom is -0.372 e. The first-order valence-corrected chi connectivity index (χ1v) is 12.2. The summed E-state index contributed by atoms with van der Waals surface area (Å²) in [5.41, 5.74) is 15.4. The number of hydrogen-bond donors (Lipinski definition) is 3. The topological polar surface area (TPSA) is 114 Å². The Kier molecular flexibility index (Phi) is 14.0. The van der Waals surface area contributed by atoms with Crippen LogP contribution in [0.15, 0.2) is 52.4 Å². The number of benzene rings is 1. The van der Waals surface area contributed by atoms with Gasteiger partial charge in [-0.25, -0.2) is 0 Å².